The number of rotatable bonds is 9. The van der Waals surface area contributed by atoms with E-state index in [0.717, 1.165) is 4.31 Å². The van der Waals surface area contributed by atoms with Crippen LogP contribution in [-0.4, -0.2) is 38.5 Å². The van der Waals surface area contributed by atoms with E-state index >= 15 is 0 Å². The lowest BCUT2D eigenvalue weighted by Crippen LogP contribution is -2.39. The molecule has 3 rings (SSSR count). The third-order valence-corrected chi connectivity index (χ3v) is 7.12. The van der Waals surface area contributed by atoms with Crippen molar-refractivity contribution >= 4 is 45.3 Å². The van der Waals surface area contributed by atoms with E-state index in [1.54, 1.807) is 54.6 Å². The quantitative estimate of drug-likeness (QED) is 0.346. The van der Waals surface area contributed by atoms with Gasteiger partial charge in [-0.1, -0.05) is 59.6 Å². The Morgan fingerprint density at radius 1 is 1.03 bits per heavy atom. The maximum Gasteiger partial charge on any atom is 0.255 e. The van der Waals surface area contributed by atoms with Crippen LogP contribution in [0.3, 0.4) is 0 Å². The summed E-state index contributed by atoms with van der Waals surface area (Å²) in [5, 5.41) is 4.56. The van der Waals surface area contributed by atoms with Crippen LogP contribution < -0.4 is 10.2 Å². The van der Waals surface area contributed by atoms with Crippen molar-refractivity contribution in [3.63, 3.8) is 0 Å². The molecule has 3 aromatic rings. The Hall–Kier alpha value is -2.91. The number of hydrogen-bond donors (Lipinski definition) is 1. The summed E-state index contributed by atoms with van der Waals surface area (Å²) in [7, 11) is -2.45. The minimum absolute atomic E-state index is 0.0652. The number of amides is 1. The minimum atomic E-state index is -3.98. The van der Waals surface area contributed by atoms with Gasteiger partial charge in [-0.05, 0) is 42.0 Å². The van der Waals surface area contributed by atoms with Gasteiger partial charge < -0.3 is 4.74 Å². The fourth-order valence-electron chi connectivity index (χ4n) is 2.95. The van der Waals surface area contributed by atoms with Crippen LogP contribution in [0.2, 0.25) is 10.0 Å². The molecular formula is C23H21Cl2N3O4S. The topological polar surface area (TPSA) is 88.1 Å². The van der Waals surface area contributed by atoms with Crippen LogP contribution in [0, 0.1) is 0 Å². The van der Waals surface area contributed by atoms with Gasteiger partial charge in [0.15, 0.2) is 0 Å². The first-order valence-corrected chi connectivity index (χ1v) is 11.9. The molecule has 10 heteroatoms. The number of nitrogens with zero attached hydrogens (tertiary/aromatic N) is 2. The molecule has 3 aromatic carbocycles. The molecule has 0 saturated carbocycles. The standard InChI is InChI=1S/C23H21Cl2N3O4S/c1-32-22-10-6-5-7-18(22)14-26-27-23(29)16-28(15-17-11-12-20(24)21(25)13-17)33(30,31)19-8-3-2-4-9-19/h2-14H,15-16H2,1H3,(H,27,29). The van der Waals surface area contributed by atoms with Crippen molar-refractivity contribution in [1.29, 1.82) is 0 Å². The molecule has 0 atom stereocenters. The second-order valence-corrected chi connectivity index (χ2v) is 9.62. The van der Waals surface area contributed by atoms with Gasteiger partial charge in [0.25, 0.3) is 5.91 Å². The molecule has 0 spiro atoms. The summed E-state index contributed by atoms with van der Waals surface area (Å²) in [5.74, 6) is -0.0240. The molecule has 1 N–H and O–H groups in total. The molecule has 1 amide bonds. The number of para-hydroxylation sites is 1. The minimum Gasteiger partial charge on any atom is -0.496 e. The number of methoxy groups -OCH3 is 1. The molecular weight excluding hydrogens is 485 g/mol. The zero-order valence-electron chi connectivity index (χ0n) is 17.6. The summed E-state index contributed by atoms with van der Waals surface area (Å²) in [4.78, 5) is 12.6. The normalized spacial score (nSPS) is 11.6. The molecule has 0 aliphatic carbocycles. The van der Waals surface area contributed by atoms with Gasteiger partial charge >= 0.3 is 0 Å². The molecule has 0 fully saturated rings. The molecule has 0 aliphatic rings. The van der Waals surface area contributed by atoms with Gasteiger partial charge in [0.1, 0.15) is 5.75 Å². The van der Waals surface area contributed by atoms with Crippen molar-refractivity contribution in [2.45, 2.75) is 11.4 Å². The number of hydrogen-bond acceptors (Lipinski definition) is 5. The smallest absolute Gasteiger partial charge is 0.255 e. The Bertz CT molecular complexity index is 1250. The number of carbonyl (C=O) groups is 1. The Labute approximate surface area is 202 Å². The first-order valence-electron chi connectivity index (χ1n) is 9.75. The lowest BCUT2D eigenvalue weighted by atomic mass is 10.2. The molecule has 0 saturated heterocycles. The van der Waals surface area contributed by atoms with Gasteiger partial charge in [-0.25, -0.2) is 13.8 Å². The second kappa shape index (κ2) is 11.3. The van der Waals surface area contributed by atoms with Gasteiger partial charge in [-0.2, -0.15) is 9.41 Å². The van der Waals surface area contributed by atoms with Crippen molar-refractivity contribution in [1.82, 2.24) is 9.73 Å². The van der Waals surface area contributed by atoms with E-state index in [9.17, 15) is 13.2 Å². The molecule has 0 heterocycles. The number of hydrazone groups is 1. The van der Waals surface area contributed by atoms with E-state index in [-0.39, 0.29) is 16.5 Å². The first-order chi connectivity index (χ1) is 15.8. The summed E-state index contributed by atoms with van der Waals surface area (Å²) >= 11 is 12.0. The van der Waals surface area contributed by atoms with Crippen LogP contribution >= 0.6 is 23.2 Å². The first kappa shape index (κ1) is 24.7. The summed E-state index contributed by atoms with van der Waals surface area (Å²) in [6, 6.07) is 19.8. The maximum atomic E-state index is 13.2. The van der Waals surface area contributed by atoms with Crippen LogP contribution in [0.25, 0.3) is 0 Å². The monoisotopic (exact) mass is 505 g/mol. The van der Waals surface area contributed by atoms with Gasteiger partial charge in [0.2, 0.25) is 10.0 Å². The average molecular weight is 506 g/mol. The van der Waals surface area contributed by atoms with Crippen LogP contribution in [0.4, 0.5) is 0 Å². The molecule has 33 heavy (non-hydrogen) atoms. The number of halogens is 2. The predicted octanol–water partition coefficient (Wildman–Crippen LogP) is 4.34. The van der Waals surface area contributed by atoms with Crippen molar-refractivity contribution in [2.75, 3.05) is 13.7 Å². The number of sulfonamides is 1. The van der Waals surface area contributed by atoms with E-state index in [0.29, 0.717) is 21.9 Å². The molecule has 7 nitrogen and oxygen atoms in total. The molecule has 172 valence electrons. The number of benzene rings is 3. The molecule has 0 unspecified atom stereocenters. The maximum absolute atomic E-state index is 13.2. The number of ether oxygens (including phenoxy) is 1. The SMILES string of the molecule is COc1ccccc1C=NNC(=O)CN(Cc1ccc(Cl)c(Cl)c1)S(=O)(=O)c1ccccc1. The molecule has 0 aromatic heterocycles. The van der Waals surface area contributed by atoms with Gasteiger partial charge in [0.05, 0.1) is 34.8 Å². The number of nitrogens with one attached hydrogen (secondary N) is 1. The fraction of sp³-hybridized carbons (Fsp3) is 0.130. The van der Waals surface area contributed by atoms with Crippen molar-refractivity contribution < 1.29 is 17.9 Å². The Morgan fingerprint density at radius 2 is 1.73 bits per heavy atom. The highest BCUT2D eigenvalue weighted by Gasteiger charge is 2.27. The molecule has 0 radical (unpaired) electrons. The van der Waals surface area contributed by atoms with E-state index in [1.807, 2.05) is 6.07 Å². The fourth-order valence-corrected chi connectivity index (χ4v) is 4.68. The second-order valence-electron chi connectivity index (χ2n) is 6.87. The zero-order chi connectivity index (χ0) is 23.8. The lowest BCUT2D eigenvalue weighted by molar-refractivity contribution is -0.121. The van der Waals surface area contributed by atoms with Crippen LogP contribution in [0.1, 0.15) is 11.1 Å². The van der Waals surface area contributed by atoms with Gasteiger partial charge in [0, 0.05) is 12.1 Å². The van der Waals surface area contributed by atoms with Crippen molar-refractivity contribution in [3.8, 4) is 5.75 Å². The Morgan fingerprint density at radius 3 is 2.42 bits per heavy atom. The van der Waals surface area contributed by atoms with Crippen molar-refractivity contribution in [3.05, 3.63) is 94.0 Å². The van der Waals surface area contributed by atoms with Gasteiger partial charge in [-0.3, -0.25) is 4.79 Å². The van der Waals surface area contributed by atoms with Crippen LogP contribution in [-0.2, 0) is 21.4 Å². The number of carbonyl (C=O) groups excluding carboxylic acids is 1. The van der Waals surface area contributed by atoms with E-state index < -0.39 is 22.5 Å². The van der Waals surface area contributed by atoms with Crippen molar-refractivity contribution in [2.24, 2.45) is 5.10 Å². The predicted molar refractivity (Wildman–Crippen MR) is 129 cm³/mol. The Balaban J connectivity index is 1.80. The molecule has 0 aliphatic heterocycles. The Kier molecular flexibility index (Phi) is 8.46. The summed E-state index contributed by atoms with van der Waals surface area (Å²) in [6.45, 7) is -0.543. The lowest BCUT2D eigenvalue weighted by Gasteiger charge is -2.21. The van der Waals surface area contributed by atoms with Gasteiger partial charge in [-0.15, -0.1) is 0 Å². The average Bonchev–Trinajstić information content (AvgIpc) is 2.82. The zero-order valence-corrected chi connectivity index (χ0v) is 19.9. The van der Waals surface area contributed by atoms with E-state index in [1.165, 1.54) is 25.5 Å². The summed E-state index contributed by atoms with van der Waals surface area (Å²) < 4.78 is 32.8. The van der Waals surface area contributed by atoms with E-state index in [4.69, 9.17) is 27.9 Å². The third-order valence-electron chi connectivity index (χ3n) is 4.58. The highest BCUT2D eigenvalue weighted by molar-refractivity contribution is 7.89. The summed E-state index contributed by atoms with van der Waals surface area (Å²) in [5.41, 5.74) is 3.60. The molecule has 0 bridgehead atoms. The largest absolute Gasteiger partial charge is 0.496 e. The van der Waals surface area contributed by atoms with Crippen LogP contribution in [0.5, 0.6) is 5.75 Å². The third kappa shape index (κ3) is 6.55. The highest BCUT2D eigenvalue weighted by atomic mass is 35.5. The summed E-state index contributed by atoms with van der Waals surface area (Å²) in [6.07, 6.45) is 1.42. The highest BCUT2D eigenvalue weighted by Crippen LogP contribution is 2.25. The van der Waals surface area contributed by atoms with Crippen LogP contribution in [0.15, 0.2) is 82.8 Å². The van der Waals surface area contributed by atoms with E-state index in [2.05, 4.69) is 10.5 Å².